The van der Waals surface area contributed by atoms with Crippen LogP contribution in [0.3, 0.4) is 0 Å². The minimum atomic E-state index is -0.910. The van der Waals surface area contributed by atoms with Crippen molar-refractivity contribution in [1.29, 1.82) is 5.26 Å². The van der Waals surface area contributed by atoms with Crippen LogP contribution in [-0.2, 0) is 0 Å². The third-order valence-electron chi connectivity index (χ3n) is 3.24. The smallest absolute Gasteiger partial charge is 0.224 e. The van der Waals surface area contributed by atoms with Crippen molar-refractivity contribution in [1.82, 2.24) is 9.97 Å². The van der Waals surface area contributed by atoms with Crippen molar-refractivity contribution in [2.24, 2.45) is 0 Å². The normalized spacial score (nSPS) is 15.8. The van der Waals surface area contributed by atoms with Crippen LogP contribution in [0.4, 0.5) is 0 Å². The number of ketones is 1. The molecule has 6 heteroatoms. The first kappa shape index (κ1) is 13.0. The maximum atomic E-state index is 12.5. The molecule has 1 saturated carbocycles. The van der Waals surface area contributed by atoms with Gasteiger partial charge in [0.15, 0.2) is 17.6 Å². The highest BCUT2D eigenvalue weighted by Gasteiger charge is 2.34. The predicted molar refractivity (Wildman–Crippen MR) is 72.8 cm³/mol. The molecule has 5 nitrogen and oxygen atoms in total. The van der Waals surface area contributed by atoms with Crippen molar-refractivity contribution in [2.45, 2.75) is 38.5 Å². The molecule has 3 rings (SSSR count). The molecule has 1 aliphatic carbocycles. The lowest BCUT2D eigenvalue weighted by Gasteiger charge is -2.02. The maximum absolute atomic E-state index is 12.5. The molecule has 1 unspecified atom stereocenters. The summed E-state index contributed by atoms with van der Waals surface area (Å²) in [5, 5.41) is 11.6. The average Bonchev–Trinajstić information content (AvgIpc) is 3.08. The van der Waals surface area contributed by atoms with E-state index in [1.54, 1.807) is 6.92 Å². The van der Waals surface area contributed by atoms with E-state index in [0.717, 1.165) is 18.5 Å². The van der Waals surface area contributed by atoms with E-state index in [1.807, 2.05) is 18.4 Å². The lowest BCUT2D eigenvalue weighted by molar-refractivity contribution is 0.0949. The Bertz CT molecular complexity index is 706. The summed E-state index contributed by atoms with van der Waals surface area (Å²) in [6.45, 7) is 3.58. The molecular formula is C14H13N3O2S. The molecule has 20 heavy (non-hydrogen) atoms. The van der Waals surface area contributed by atoms with Crippen LogP contribution in [0, 0.1) is 25.2 Å². The molecule has 0 aliphatic heterocycles. The van der Waals surface area contributed by atoms with E-state index in [9.17, 15) is 10.1 Å². The molecule has 0 amide bonds. The van der Waals surface area contributed by atoms with Crippen LogP contribution in [0.1, 0.15) is 57.5 Å². The van der Waals surface area contributed by atoms with E-state index < -0.39 is 5.92 Å². The molecule has 0 saturated heterocycles. The SMILES string of the molecule is Cc1csc(C(C#N)C(=O)c2oc(C3CC3)nc2C)n1. The van der Waals surface area contributed by atoms with Gasteiger partial charge in [-0.25, -0.2) is 9.97 Å². The zero-order valence-corrected chi connectivity index (χ0v) is 12.0. The van der Waals surface area contributed by atoms with Crippen molar-refractivity contribution in [2.75, 3.05) is 0 Å². The largest absolute Gasteiger partial charge is 0.437 e. The number of Topliss-reactive ketones (excluding diaryl/α,β-unsaturated/α-hetero) is 1. The van der Waals surface area contributed by atoms with Gasteiger partial charge in [-0.2, -0.15) is 5.26 Å². The van der Waals surface area contributed by atoms with Crippen LogP contribution >= 0.6 is 11.3 Å². The Morgan fingerprint density at radius 1 is 1.50 bits per heavy atom. The summed E-state index contributed by atoms with van der Waals surface area (Å²) in [6.07, 6.45) is 2.11. The van der Waals surface area contributed by atoms with Crippen molar-refractivity contribution < 1.29 is 9.21 Å². The Morgan fingerprint density at radius 3 is 2.80 bits per heavy atom. The van der Waals surface area contributed by atoms with Crippen LogP contribution in [0.15, 0.2) is 9.80 Å². The Balaban J connectivity index is 1.92. The standard InChI is InChI=1S/C14H13N3O2S/c1-7-6-20-14(16-7)10(5-15)11(18)12-8(2)17-13(19-12)9-3-4-9/h6,9-10H,3-4H2,1-2H3. The Hall–Kier alpha value is -2.00. The summed E-state index contributed by atoms with van der Waals surface area (Å²) in [7, 11) is 0. The Kier molecular flexibility index (Phi) is 3.14. The molecular weight excluding hydrogens is 274 g/mol. The fourth-order valence-corrected chi connectivity index (χ4v) is 2.85. The van der Waals surface area contributed by atoms with Crippen LogP contribution in [0.2, 0.25) is 0 Å². The van der Waals surface area contributed by atoms with Crippen molar-refractivity contribution in [3.05, 3.63) is 33.4 Å². The number of oxazole rings is 1. The molecule has 102 valence electrons. The number of nitrogens with zero attached hydrogens (tertiary/aromatic N) is 3. The third kappa shape index (κ3) is 2.25. The minimum Gasteiger partial charge on any atom is -0.437 e. The number of aryl methyl sites for hydroxylation is 2. The van der Waals surface area contributed by atoms with Gasteiger partial charge in [-0.05, 0) is 26.7 Å². The number of hydrogen-bond acceptors (Lipinski definition) is 6. The number of carbonyl (C=O) groups is 1. The molecule has 0 spiro atoms. The second-order valence-corrected chi connectivity index (χ2v) is 5.88. The number of hydrogen-bond donors (Lipinski definition) is 0. The summed E-state index contributed by atoms with van der Waals surface area (Å²) in [5.74, 6) is -0.0896. The van der Waals surface area contributed by atoms with Crippen molar-refractivity contribution in [3.8, 4) is 6.07 Å². The zero-order chi connectivity index (χ0) is 14.3. The number of thiazole rings is 1. The van der Waals surface area contributed by atoms with Gasteiger partial charge < -0.3 is 4.42 Å². The first-order valence-corrected chi connectivity index (χ1v) is 7.31. The summed E-state index contributed by atoms with van der Waals surface area (Å²) in [4.78, 5) is 21.0. The fraction of sp³-hybridized carbons (Fsp3) is 0.429. The third-order valence-corrected chi connectivity index (χ3v) is 4.27. The lowest BCUT2D eigenvalue weighted by Crippen LogP contribution is -2.11. The fourth-order valence-electron chi connectivity index (χ4n) is 2.01. The number of aromatic nitrogens is 2. The van der Waals surface area contributed by atoms with Gasteiger partial charge in [0.1, 0.15) is 5.01 Å². The highest BCUT2D eigenvalue weighted by atomic mass is 32.1. The Morgan fingerprint density at radius 2 is 2.25 bits per heavy atom. The lowest BCUT2D eigenvalue weighted by atomic mass is 10.0. The average molecular weight is 287 g/mol. The van der Waals surface area contributed by atoms with Crippen LogP contribution in [-0.4, -0.2) is 15.8 Å². The minimum absolute atomic E-state index is 0.200. The molecule has 0 aromatic carbocycles. The van der Waals surface area contributed by atoms with Gasteiger partial charge in [-0.3, -0.25) is 4.79 Å². The number of rotatable bonds is 4. The predicted octanol–water partition coefficient (Wildman–Crippen LogP) is 3.12. The second kappa shape index (κ2) is 4.84. The molecule has 2 aromatic heterocycles. The van der Waals surface area contributed by atoms with E-state index >= 15 is 0 Å². The van der Waals surface area contributed by atoms with Gasteiger partial charge in [-0.15, -0.1) is 11.3 Å². The van der Waals surface area contributed by atoms with E-state index in [0.29, 0.717) is 22.5 Å². The molecule has 1 fully saturated rings. The van der Waals surface area contributed by atoms with E-state index in [4.69, 9.17) is 4.42 Å². The first-order chi connectivity index (χ1) is 9.60. The van der Waals surface area contributed by atoms with Crippen molar-refractivity contribution >= 4 is 17.1 Å². The monoisotopic (exact) mass is 287 g/mol. The maximum Gasteiger partial charge on any atom is 0.224 e. The molecule has 2 heterocycles. The summed E-state index contributed by atoms with van der Waals surface area (Å²) in [5.41, 5.74) is 1.37. The summed E-state index contributed by atoms with van der Waals surface area (Å²) in [6, 6.07) is 2.02. The summed E-state index contributed by atoms with van der Waals surface area (Å²) >= 11 is 1.32. The van der Waals surface area contributed by atoms with Gasteiger partial charge in [0.05, 0.1) is 11.8 Å². The quantitative estimate of drug-likeness (QED) is 0.807. The van der Waals surface area contributed by atoms with Gasteiger partial charge in [0.25, 0.3) is 0 Å². The van der Waals surface area contributed by atoms with Crippen molar-refractivity contribution in [3.63, 3.8) is 0 Å². The van der Waals surface area contributed by atoms with E-state index in [-0.39, 0.29) is 11.5 Å². The van der Waals surface area contributed by atoms with E-state index in [2.05, 4.69) is 9.97 Å². The van der Waals surface area contributed by atoms with Crippen LogP contribution in [0.5, 0.6) is 0 Å². The van der Waals surface area contributed by atoms with Crippen LogP contribution in [0.25, 0.3) is 0 Å². The molecule has 1 atom stereocenters. The van der Waals surface area contributed by atoms with Gasteiger partial charge in [0, 0.05) is 17.0 Å². The van der Waals surface area contributed by atoms with Gasteiger partial charge >= 0.3 is 0 Å². The highest BCUT2D eigenvalue weighted by molar-refractivity contribution is 7.10. The topological polar surface area (TPSA) is 79.8 Å². The first-order valence-electron chi connectivity index (χ1n) is 6.43. The molecule has 0 bridgehead atoms. The second-order valence-electron chi connectivity index (χ2n) is 4.99. The van der Waals surface area contributed by atoms with Gasteiger partial charge in [0.2, 0.25) is 5.78 Å². The Labute approximate surface area is 120 Å². The molecule has 0 N–H and O–H groups in total. The molecule has 1 aliphatic rings. The van der Waals surface area contributed by atoms with Gasteiger partial charge in [-0.1, -0.05) is 0 Å². The zero-order valence-electron chi connectivity index (χ0n) is 11.2. The molecule has 0 radical (unpaired) electrons. The highest BCUT2D eigenvalue weighted by Crippen LogP contribution is 2.40. The van der Waals surface area contributed by atoms with Crippen LogP contribution < -0.4 is 0 Å². The number of carbonyl (C=O) groups excluding carboxylic acids is 1. The summed E-state index contributed by atoms with van der Waals surface area (Å²) < 4.78 is 5.58. The molecule has 2 aromatic rings. The number of nitriles is 1. The van der Waals surface area contributed by atoms with E-state index in [1.165, 1.54) is 11.3 Å².